The SMILES string of the molecule is CCCCN(C)CC1(CC(=O)O)CC1. The van der Waals surface area contributed by atoms with Crippen molar-refractivity contribution in [1.29, 1.82) is 0 Å². The molecule has 0 spiro atoms. The number of carboxylic acids is 1. The summed E-state index contributed by atoms with van der Waals surface area (Å²) >= 11 is 0. The molecular formula is C11H21NO2. The van der Waals surface area contributed by atoms with E-state index in [1.54, 1.807) is 0 Å². The lowest BCUT2D eigenvalue weighted by atomic mass is 10.0. The second kappa shape index (κ2) is 4.78. The first-order valence-corrected chi connectivity index (χ1v) is 5.48. The van der Waals surface area contributed by atoms with Crippen LogP contribution in [0.5, 0.6) is 0 Å². The Morgan fingerprint density at radius 2 is 2.14 bits per heavy atom. The van der Waals surface area contributed by atoms with Gasteiger partial charge < -0.3 is 10.0 Å². The van der Waals surface area contributed by atoms with Crippen LogP contribution in [0, 0.1) is 5.41 Å². The summed E-state index contributed by atoms with van der Waals surface area (Å²) in [6.07, 6.45) is 4.95. The van der Waals surface area contributed by atoms with Crippen LogP contribution < -0.4 is 0 Å². The average molecular weight is 199 g/mol. The van der Waals surface area contributed by atoms with Crippen LogP contribution in [0.3, 0.4) is 0 Å². The molecule has 0 aromatic carbocycles. The summed E-state index contributed by atoms with van der Waals surface area (Å²) < 4.78 is 0. The average Bonchev–Trinajstić information content (AvgIpc) is 2.80. The molecule has 1 fully saturated rings. The lowest BCUT2D eigenvalue weighted by Crippen LogP contribution is -2.29. The highest BCUT2D eigenvalue weighted by atomic mass is 16.4. The van der Waals surface area contributed by atoms with Gasteiger partial charge in [-0.1, -0.05) is 13.3 Å². The number of carbonyl (C=O) groups is 1. The van der Waals surface area contributed by atoms with E-state index in [0.29, 0.717) is 6.42 Å². The standard InChI is InChI=1S/C11H21NO2/c1-3-4-7-12(2)9-11(5-6-11)8-10(13)14/h3-9H2,1-2H3,(H,13,14). The second-order valence-corrected chi connectivity index (χ2v) is 4.66. The molecular weight excluding hydrogens is 178 g/mol. The Morgan fingerprint density at radius 1 is 1.50 bits per heavy atom. The van der Waals surface area contributed by atoms with E-state index in [1.165, 1.54) is 12.8 Å². The Balaban J connectivity index is 2.25. The summed E-state index contributed by atoms with van der Waals surface area (Å²) in [6.45, 7) is 4.23. The van der Waals surface area contributed by atoms with Crippen LogP contribution in [0.4, 0.5) is 0 Å². The Kier molecular flexibility index (Phi) is 3.93. The zero-order chi connectivity index (χ0) is 10.6. The maximum atomic E-state index is 10.6. The third-order valence-electron chi connectivity index (χ3n) is 2.98. The lowest BCUT2D eigenvalue weighted by molar-refractivity contribution is -0.138. The van der Waals surface area contributed by atoms with Gasteiger partial charge in [-0.2, -0.15) is 0 Å². The van der Waals surface area contributed by atoms with Gasteiger partial charge >= 0.3 is 5.97 Å². The summed E-state index contributed by atoms with van der Waals surface area (Å²) in [5, 5.41) is 8.76. The lowest BCUT2D eigenvalue weighted by Gasteiger charge is -2.22. The Morgan fingerprint density at radius 3 is 2.57 bits per heavy atom. The number of hydrogen-bond donors (Lipinski definition) is 1. The first kappa shape index (κ1) is 11.5. The minimum Gasteiger partial charge on any atom is -0.481 e. The van der Waals surface area contributed by atoms with E-state index in [1.807, 2.05) is 0 Å². The number of aliphatic carboxylic acids is 1. The molecule has 0 radical (unpaired) electrons. The van der Waals surface area contributed by atoms with E-state index in [-0.39, 0.29) is 5.41 Å². The molecule has 1 saturated carbocycles. The first-order valence-electron chi connectivity index (χ1n) is 5.48. The number of nitrogens with zero attached hydrogens (tertiary/aromatic N) is 1. The van der Waals surface area contributed by atoms with Crippen molar-refractivity contribution in [2.24, 2.45) is 5.41 Å². The van der Waals surface area contributed by atoms with Crippen molar-refractivity contribution in [3.8, 4) is 0 Å². The largest absolute Gasteiger partial charge is 0.481 e. The Labute approximate surface area is 86.1 Å². The van der Waals surface area contributed by atoms with E-state index in [2.05, 4.69) is 18.9 Å². The maximum Gasteiger partial charge on any atom is 0.303 e. The van der Waals surface area contributed by atoms with Crippen molar-refractivity contribution in [3.05, 3.63) is 0 Å². The molecule has 0 heterocycles. The van der Waals surface area contributed by atoms with E-state index >= 15 is 0 Å². The third kappa shape index (κ3) is 3.66. The van der Waals surface area contributed by atoms with Crippen LogP contribution in [0.25, 0.3) is 0 Å². The Bertz CT molecular complexity index is 199. The summed E-state index contributed by atoms with van der Waals surface area (Å²) in [5.74, 6) is -0.647. The monoisotopic (exact) mass is 199 g/mol. The predicted molar refractivity (Wildman–Crippen MR) is 56.3 cm³/mol. The van der Waals surface area contributed by atoms with Gasteiger partial charge in [0.25, 0.3) is 0 Å². The van der Waals surface area contributed by atoms with Crippen molar-refractivity contribution < 1.29 is 9.90 Å². The van der Waals surface area contributed by atoms with Gasteiger partial charge in [0.2, 0.25) is 0 Å². The molecule has 0 amide bonds. The van der Waals surface area contributed by atoms with Crippen LogP contribution in [-0.2, 0) is 4.79 Å². The highest BCUT2D eigenvalue weighted by Gasteiger charge is 2.44. The molecule has 1 aliphatic rings. The van der Waals surface area contributed by atoms with Gasteiger partial charge in [-0.15, -0.1) is 0 Å². The highest BCUT2D eigenvalue weighted by molar-refractivity contribution is 5.68. The van der Waals surface area contributed by atoms with Crippen LogP contribution in [0.1, 0.15) is 39.0 Å². The highest BCUT2D eigenvalue weighted by Crippen LogP contribution is 2.49. The molecule has 82 valence electrons. The van der Waals surface area contributed by atoms with E-state index < -0.39 is 5.97 Å². The number of carboxylic acid groups (broad SMARTS) is 1. The maximum absolute atomic E-state index is 10.6. The summed E-state index contributed by atoms with van der Waals surface area (Å²) in [6, 6.07) is 0. The van der Waals surface area contributed by atoms with E-state index in [4.69, 9.17) is 5.11 Å². The second-order valence-electron chi connectivity index (χ2n) is 4.66. The summed E-state index contributed by atoms with van der Waals surface area (Å²) in [7, 11) is 2.09. The molecule has 1 rings (SSSR count). The number of unbranched alkanes of at least 4 members (excludes halogenated alkanes) is 1. The third-order valence-corrected chi connectivity index (χ3v) is 2.98. The topological polar surface area (TPSA) is 40.5 Å². The van der Waals surface area contributed by atoms with Crippen molar-refractivity contribution >= 4 is 5.97 Å². The first-order chi connectivity index (χ1) is 6.58. The van der Waals surface area contributed by atoms with Gasteiger partial charge in [0.1, 0.15) is 0 Å². The van der Waals surface area contributed by atoms with Crippen molar-refractivity contribution in [3.63, 3.8) is 0 Å². The zero-order valence-electron chi connectivity index (χ0n) is 9.25. The molecule has 1 aliphatic carbocycles. The molecule has 0 unspecified atom stereocenters. The minimum atomic E-state index is -0.647. The van der Waals surface area contributed by atoms with Crippen LogP contribution in [0.2, 0.25) is 0 Å². The summed E-state index contributed by atoms with van der Waals surface area (Å²) in [4.78, 5) is 12.9. The number of rotatable bonds is 7. The molecule has 0 aromatic heterocycles. The van der Waals surface area contributed by atoms with Gasteiger partial charge in [0, 0.05) is 6.54 Å². The van der Waals surface area contributed by atoms with Crippen molar-refractivity contribution in [1.82, 2.24) is 4.90 Å². The van der Waals surface area contributed by atoms with Gasteiger partial charge in [-0.3, -0.25) is 4.79 Å². The molecule has 0 aromatic rings. The van der Waals surface area contributed by atoms with E-state index in [9.17, 15) is 4.79 Å². The molecule has 0 bridgehead atoms. The van der Waals surface area contributed by atoms with Gasteiger partial charge in [0.15, 0.2) is 0 Å². The molecule has 1 N–H and O–H groups in total. The summed E-state index contributed by atoms with van der Waals surface area (Å²) in [5.41, 5.74) is 0.119. The molecule has 0 aliphatic heterocycles. The van der Waals surface area contributed by atoms with Gasteiger partial charge in [-0.25, -0.2) is 0 Å². The fourth-order valence-corrected chi connectivity index (χ4v) is 1.97. The fraction of sp³-hybridized carbons (Fsp3) is 0.909. The number of hydrogen-bond acceptors (Lipinski definition) is 2. The fourth-order valence-electron chi connectivity index (χ4n) is 1.97. The van der Waals surface area contributed by atoms with Crippen LogP contribution in [-0.4, -0.2) is 36.1 Å². The minimum absolute atomic E-state index is 0.119. The predicted octanol–water partition coefficient (Wildman–Crippen LogP) is 1.97. The van der Waals surface area contributed by atoms with Gasteiger partial charge in [0.05, 0.1) is 6.42 Å². The molecule has 3 nitrogen and oxygen atoms in total. The smallest absolute Gasteiger partial charge is 0.303 e. The van der Waals surface area contributed by atoms with E-state index in [0.717, 1.165) is 25.9 Å². The van der Waals surface area contributed by atoms with Gasteiger partial charge in [-0.05, 0) is 38.3 Å². The normalized spacial score (nSPS) is 18.5. The zero-order valence-corrected chi connectivity index (χ0v) is 9.25. The van der Waals surface area contributed by atoms with Crippen molar-refractivity contribution in [2.45, 2.75) is 39.0 Å². The quantitative estimate of drug-likeness (QED) is 0.681. The van der Waals surface area contributed by atoms with Crippen LogP contribution in [0.15, 0.2) is 0 Å². The Hall–Kier alpha value is -0.570. The van der Waals surface area contributed by atoms with Crippen molar-refractivity contribution in [2.75, 3.05) is 20.1 Å². The van der Waals surface area contributed by atoms with Crippen LogP contribution >= 0.6 is 0 Å². The molecule has 0 saturated heterocycles. The molecule has 14 heavy (non-hydrogen) atoms. The molecule has 3 heteroatoms. The molecule has 0 atom stereocenters.